The highest BCUT2D eigenvalue weighted by Gasteiger charge is 2.19. The molecular formula is C22H32N2O2. The van der Waals surface area contributed by atoms with Gasteiger partial charge in [0.1, 0.15) is 11.6 Å². The molecule has 3 rings (SSSR count). The van der Waals surface area contributed by atoms with E-state index in [0.29, 0.717) is 23.4 Å². The van der Waals surface area contributed by atoms with Crippen LogP contribution >= 0.6 is 0 Å². The minimum Gasteiger partial charge on any atom is -0.496 e. The monoisotopic (exact) mass is 356 g/mol. The van der Waals surface area contributed by atoms with Crippen LogP contribution in [0.15, 0.2) is 36.2 Å². The summed E-state index contributed by atoms with van der Waals surface area (Å²) in [4.78, 5) is 12.9. The number of rotatable bonds is 7. The summed E-state index contributed by atoms with van der Waals surface area (Å²) in [7, 11) is 1.61. The molecule has 2 N–H and O–H groups in total. The Morgan fingerprint density at radius 2 is 1.46 bits per heavy atom. The zero-order valence-corrected chi connectivity index (χ0v) is 15.9. The van der Waals surface area contributed by atoms with E-state index in [-0.39, 0.29) is 5.78 Å². The molecule has 0 amide bonds. The molecule has 0 aliphatic heterocycles. The summed E-state index contributed by atoms with van der Waals surface area (Å²) in [6.07, 6.45) is 14.2. The Morgan fingerprint density at radius 1 is 0.923 bits per heavy atom. The van der Waals surface area contributed by atoms with Crippen LogP contribution in [-0.2, 0) is 0 Å². The minimum atomic E-state index is -0.0101. The molecule has 1 aromatic rings. The number of carbonyl (C=O) groups is 1. The molecular weight excluding hydrogens is 324 g/mol. The number of methoxy groups -OCH3 is 1. The number of hydrogen-bond acceptors (Lipinski definition) is 4. The summed E-state index contributed by atoms with van der Waals surface area (Å²) in [5.41, 5.74) is 0.614. The van der Waals surface area contributed by atoms with Crippen molar-refractivity contribution in [1.82, 2.24) is 10.6 Å². The van der Waals surface area contributed by atoms with Crippen molar-refractivity contribution in [2.45, 2.75) is 76.3 Å². The Morgan fingerprint density at radius 3 is 2.00 bits per heavy atom. The normalized spacial score (nSPS) is 18.8. The lowest BCUT2D eigenvalue weighted by molar-refractivity contribution is 0.104. The summed E-state index contributed by atoms with van der Waals surface area (Å²) in [6.45, 7) is 0. The molecule has 1 aromatic carbocycles. The average Bonchev–Trinajstić information content (AvgIpc) is 2.69. The molecule has 2 fully saturated rings. The maximum atomic E-state index is 12.9. The third-order valence-electron chi connectivity index (χ3n) is 5.58. The number of ketones is 1. The highest BCUT2D eigenvalue weighted by molar-refractivity contribution is 6.06. The van der Waals surface area contributed by atoms with Crippen LogP contribution in [0, 0.1) is 0 Å². The van der Waals surface area contributed by atoms with E-state index in [2.05, 4.69) is 10.6 Å². The predicted octanol–water partition coefficient (Wildman–Crippen LogP) is 4.56. The SMILES string of the molecule is COc1ccccc1C(=O)C=C(NC1CCCCC1)NC1CCCCC1. The number of nitrogens with one attached hydrogen (secondary N) is 2. The van der Waals surface area contributed by atoms with Crippen LogP contribution in [0.1, 0.15) is 74.6 Å². The highest BCUT2D eigenvalue weighted by atomic mass is 16.5. The topological polar surface area (TPSA) is 50.4 Å². The molecule has 26 heavy (non-hydrogen) atoms. The molecule has 2 saturated carbocycles. The fraction of sp³-hybridized carbons (Fsp3) is 0.591. The Balaban J connectivity index is 1.75. The zero-order chi connectivity index (χ0) is 18.2. The van der Waals surface area contributed by atoms with Crippen molar-refractivity contribution in [3.63, 3.8) is 0 Å². The van der Waals surface area contributed by atoms with Crippen LogP contribution in [0.5, 0.6) is 5.75 Å². The van der Waals surface area contributed by atoms with Crippen LogP contribution in [-0.4, -0.2) is 25.0 Å². The quantitative estimate of drug-likeness (QED) is 0.555. The van der Waals surface area contributed by atoms with E-state index in [1.807, 2.05) is 24.3 Å². The fourth-order valence-corrected chi connectivity index (χ4v) is 4.12. The number of allylic oxidation sites excluding steroid dienone is 1. The van der Waals surface area contributed by atoms with Crippen molar-refractivity contribution < 1.29 is 9.53 Å². The van der Waals surface area contributed by atoms with Crippen LogP contribution < -0.4 is 15.4 Å². The summed E-state index contributed by atoms with van der Waals surface area (Å²) in [6, 6.07) is 8.38. The van der Waals surface area contributed by atoms with Gasteiger partial charge in [0, 0.05) is 18.2 Å². The second kappa shape index (κ2) is 9.65. The van der Waals surface area contributed by atoms with Crippen LogP contribution in [0.3, 0.4) is 0 Å². The van der Waals surface area contributed by atoms with Crippen molar-refractivity contribution in [2.24, 2.45) is 0 Å². The van der Waals surface area contributed by atoms with E-state index in [1.165, 1.54) is 64.2 Å². The minimum absolute atomic E-state index is 0.0101. The Hall–Kier alpha value is -1.97. The summed E-state index contributed by atoms with van der Waals surface area (Å²) in [5.74, 6) is 1.51. The van der Waals surface area contributed by atoms with Gasteiger partial charge in [-0.25, -0.2) is 0 Å². The standard InChI is InChI=1S/C22H32N2O2/c1-26-21-15-9-8-14-19(21)20(25)16-22(23-17-10-4-2-5-11-17)24-18-12-6-3-7-13-18/h8-9,14-18,23-24H,2-7,10-13H2,1H3. The number of carbonyl (C=O) groups excluding carboxylic acids is 1. The van der Waals surface area contributed by atoms with Gasteiger partial charge >= 0.3 is 0 Å². The molecule has 0 heterocycles. The molecule has 0 atom stereocenters. The van der Waals surface area contributed by atoms with Gasteiger partial charge in [-0.2, -0.15) is 0 Å². The first kappa shape index (κ1) is 18.8. The van der Waals surface area contributed by atoms with Crippen LogP contribution in [0.2, 0.25) is 0 Å². The molecule has 0 unspecified atom stereocenters. The summed E-state index contributed by atoms with van der Waals surface area (Å²) < 4.78 is 5.36. The van der Waals surface area contributed by atoms with Gasteiger partial charge in [-0.1, -0.05) is 50.7 Å². The van der Waals surface area contributed by atoms with E-state index in [1.54, 1.807) is 13.2 Å². The van der Waals surface area contributed by atoms with Crippen LogP contribution in [0.4, 0.5) is 0 Å². The van der Waals surface area contributed by atoms with Crippen LogP contribution in [0.25, 0.3) is 0 Å². The van der Waals surface area contributed by atoms with Gasteiger partial charge < -0.3 is 15.4 Å². The number of benzene rings is 1. The van der Waals surface area contributed by atoms with Crippen molar-refractivity contribution in [3.8, 4) is 5.75 Å². The molecule has 2 aliphatic carbocycles. The van der Waals surface area contributed by atoms with Crippen molar-refractivity contribution in [1.29, 1.82) is 0 Å². The first-order valence-corrected chi connectivity index (χ1v) is 10.2. The molecule has 0 spiro atoms. The molecule has 4 heteroatoms. The van der Waals surface area contributed by atoms with E-state index in [9.17, 15) is 4.79 Å². The maximum absolute atomic E-state index is 12.9. The lowest BCUT2D eigenvalue weighted by atomic mass is 9.94. The van der Waals surface area contributed by atoms with Gasteiger partial charge in [-0.05, 0) is 37.8 Å². The molecule has 0 saturated heterocycles. The highest BCUT2D eigenvalue weighted by Crippen LogP contribution is 2.22. The number of para-hydroxylation sites is 1. The largest absolute Gasteiger partial charge is 0.496 e. The van der Waals surface area contributed by atoms with Crippen molar-refractivity contribution in [2.75, 3.05) is 7.11 Å². The van der Waals surface area contributed by atoms with E-state index in [0.717, 1.165) is 5.82 Å². The van der Waals surface area contributed by atoms with Gasteiger partial charge in [0.15, 0.2) is 5.78 Å². The predicted molar refractivity (Wildman–Crippen MR) is 105 cm³/mol. The summed E-state index contributed by atoms with van der Waals surface area (Å²) in [5, 5.41) is 7.26. The Labute approximate surface area is 157 Å². The molecule has 0 aromatic heterocycles. The fourth-order valence-electron chi connectivity index (χ4n) is 4.12. The first-order chi connectivity index (χ1) is 12.8. The van der Waals surface area contributed by atoms with E-state index in [4.69, 9.17) is 4.74 Å². The third kappa shape index (κ3) is 5.26. The number of hydrogen-bond donors (Lipinski definition) is 2. The van der Waals surface area contributed by atoms with Gasteiger partial charge in [-0.3, -0.25) is 4.79 Å². The number of ether oxygens (including phenoxy) is 1. The van der Waals surface area contributed by atoms with Crippen molar-refractivity contribution in [3.05, 3.63) is 41.7 Å². The molecule has 0 bridgehead atoms. The maximum Gasteiger partial charge on any atom is 0.193 e. The molecule has 142 valence electrons. The van der Waals surface area contributed by atoms with Gasteiger partial charge in [0.25, 0.3) is 0 Å². The Bertz CT molecular complexity index is 592. The molecule has 2 aliphatic rings. The molecule has 4 nitrogen and oxygen atoms in total. The smallest absolute Gasteiger partial charge is 0.193 e. The third-order valence-corrected chi connectivity index (χ3v) is 5.58. The van der Waals surface area contributed by atoms with Gasteiger partial charge in [0.2, 0.25) is 0 Å². The second-order valence-electron chi connectivity index (χ2n) is 7.58. The van der Waals surface area contributed by atoms with E-state index >= 15 is 0 Å². The van der Waals surface area contributed by atoms with E-state index < -0.39 is 0 Å². The zero-order valence-electron chi connectivity index (χ0n) is 15.9. The van der Waals surface area contributed by atoms with Gasteiger partial charge in [0.05, 0.1) is 12.7 Å². The Kier molecular flexibility index (Phi) is 6.98. The molecule has 0 radical (unpaired) electrons. The van der Waals surface area contributed by atoms with Crippen molar-refractivity contribution >= 4 is 5.78 Å². The summed E-state index contributed by atoms with van der Waals surface area (Å²) >= 11 is 0. The van der Waals surface area contributed by atoms with Gasteiger partial charge in [-0.15, -0.1) is 0 Å². The second-order valence-corrected chi connectivity index (χ2v) is 7.58. The lowest BCUT2D eigenvalue weighted by Gasteiger charge is -2.30. The lowest BCUT2D eigenvalue weighted by Crippen LogP contribution is -2.41. The average molecular weight is 357 g/mol. The first-order valence-electron chi connectivity index (χ1n) is 10.2.